The fourth-order valence-electron chi connectivity index (χ4n) is 2.28. The van der Waals surface area contributed by atoms with Crippen LogP contribution in [0.3, 0.4) is 0 Å². The lowest BCUT2D eigenvalue weighted by Crippen LogP contribution is -2.10. The van der Waals surface area contributed by atoms with Crippen molar-refractivity contribution in [1.29, 1.82) is 0 Å². The number of carboxylic acid groups (broad SMARTS) is 1. The third kappa shape index (κ3) is 3.84. The van der Waals surface area contributed by atoms with Crippen LogP contribution in [0.4, 0.5) is 0 Å². The van der Waals surface area contributed by atoms with Gasteiger partial charge in [0.05, 0.1) is 23.3 Å². The zero-order chi connectivity index (χ0) is 16.1. The van der Waals surface area contributed by atoms with E-state index >= 15 is 0 Å². The molecule has 118 valence electrons. The number of aromatic nitrogens is 2. The molecule has 0 saturated carbocycles. The van der Waals surface area contributed by atoms with Gasteiger partial charge in [-0.15, -0.1) is 0 Å². The summed E-state index contributed by atoms with van der Waals surface area (Å²) >= 11 is 1.22. The first kappa shape index (κ1) is 15.4. The van der Waals surface area contributed by atoms with E-state index in [4.69, 9.17) is 9.84 Å². The predicted octanol–water partition coefficient (Wildman–Crippen LogP) is 3.29. The third-order valence-corrected chi connectivity index (χ3v) is 4.23. The minimum atomic E-state index is -0.853. The fraction of sp³-hybridized carbons (Fsp3) is 0.176. The fourth-order valence-corrected chi connectivity index (χ4v) is 3.04. The number of fused-ring (bicyclic) bond motifs is 1. The molecule has 0 spiro atoms. The normalized spacial score (nSPS) is 10.8. The summed E-state index contributed by atoms with van der Waals surface area (Å²) in [7, 11) is 0. The standard InChI is InChI=1S/C17H16N2O3S/c20-16(21)12-23-17-18-14-8-4-5-9-15(14)19(17)10-11-22-13-6-2-1-3-7-13/h1-9H,10-12H2,(H,20,21). The molecule has 0 radical (unpaired) electrons. The number of thioether (sulfide) groups is 1. The van der Waals surface area contributed by atoms with Gasteiger partial charge in [-0.25, -0.2) is 4.98 Å². The summed E-state index contributed by atoms with van der Waals surface area (Å²) in [5.41, 5.74) is 1.84. The number of benzene rings is 2. The molecule has 0 unspecified atom stereocenters. The van der Waals surface area contributed by atoms with E-state index in [1.54, 1.807) is 0 Å². The smallest absolute Gasteiger partial charge is 0.313 e. The molecule has 0 aliphatic rings. The van der Waals surface area contributed by atoms with E-state index in [9.17, 15) is 4.79 Å². The number of rotatable bonds is 7. The number of hydrogen-bond acceptors (Lipinski definition) is 4. The second-order valence-electron chi connectivity index (χ2n) is 4.88. The molecule has 0 atom stereocenters. The van der Waals surface area contributed by atoms with E-state index in [-0.39, 0.29) is 5.75 Å². The van der Waals surface area contributed by atoms with Crippen LogP contribution in [-0.2, 0) is 11.3 Å². The highest BCUT2D eigenvalue weighted by molar-refractivity contribution is 7.99. The van der Waals surface area contributed by atoms with Gasteiger partial charge in [0, 0.05) is 0 Å². The lowest BCUT2D eigenvalue weighted by atomic mass is 10.3. The van der Waals surface area contributed by atoms with Crippen LogP contribution in [0.2, 0.25) is 0 Å². The maximum absolute atomic E-state index is 10.8. The molecule has 3 aromatic rings. The molecule has 0 fully saturated rings. The Bertz CT molecular complexity index is 802. The average Bonchev–Trinajstić information content (AvgIpc) is 2.92. The summed E-state index contributed by atoms with van der Waals surface area (Å²) in [4.78, 5) is 15.3. The topological polar surface area (TPSA) is 64.3 Å². The summed E-state index contributed by atoms with van der Waals surface area (Å²) in [5.74, 6) is -0.0473. The van der Waals surface area contributed by atoms with E-state index < -0.39 is 5.97 Å². The number of hydrogen-bond donors (Lipinski definition) is 1. The minimum Gasteiger partial charge on any atom is -0.492 e. The summed E-state index contributed by atoms with van der Waals surface area (Å²) in [6.07, 6.45) is 0. The van der Waals surface area contributed by atoms with Crippen molar-refractivity contribution in [3.63, 3.8) is 0 Å². The number of para-hydroxylation sites is 3. The van der Waals surface area contributed by atoms with E-state index in [0.717, 1.165) is 16.8 Å². The molecule has 1 heterocycles. The van der Waals surface area contributed by atoms with Gasteiger partial charge in [-0.1, -0.05) is 42.1 Å². The van der Waals surface area contributed by atoms with Crippen LogP contribution in [0.25, 0.3) is 11.0 Å². The first-order chi connectivity index (χ1) is 11.2. The highest BCUT2D eigenvalue weighted by Crippen LogP contribution is 2.24. The second kappa shape index (κ2) is 7.19. The molecule has 5 nitrogen and oxygen atoms in total. The molecule has 0 aliphatic heterocycles. The highest BCUT2D eigenvalue weighted by Gasteiger charge is 2.12. The van der Waals surface area contributed by atoms with E-state index in [1.165, 1.54) is 11.8 Å². The Morgan fingerprint density at radius 3 is 2.65 bits per heavy atom. The van der Waals surface area contributed by atoms with Crippen molar-refractivity contribution in [3.05, 3.63) is 54.6 Å². The van der Waals surface area contributed by atoms with Crippen LogP contribution >= 0.6 is 11.8 Å². The Hall–Kier alpha value is -2.47. The summed E-state index contributed by atoms with van der Waals surface area (Å²) in [6.45, 7) is 1.10. The zero-order valence-corrected chi connectivity index (χ0v) is 13.2. The molecule has 0 aliphatic carbocycles. The van der Waals surface area contributed by atoms with Gasteiger partial charge >= 0.3 is 5.97 Å². The summed E-state index contributed by atoms with van der Waals surface area (Å²) < 4.78 is 7.74. The SMILES string of the molecule is O=C(O)CSc1nc2ccccc2n1CCOc1ccccc1. The van der Waals surface area contributed by atoms with Crippen molar-refractivity contribution in [2.45, 2.75) is 11.7 Å². The van der Waals surface area contributed by atoms with Crippen LogP contribution in [-0.4, -0.2) is 33.0 Å². The number of carbonyl (C=O) groups is 1. The Labute approximate surface area is 137 Å². The molecule has 1 aromatic heterocycles. The van der Waals surface area contributed by atoms with Crippen molar-refractivity contribution < 1.29 is 14.6 Å². The molecular weight excluding hydrogens is 312 g/mol. The Kier molecular flexibility index (Phi) is 4.83. The second-order valence-corrected chi connectivity index (χ2v) is 5.82. The van der Waals surface area contributed by atoms with Gasteiger partial charge in [-0.3, -0.25) is 4.79 Å². The van der Waals surface area contributed by atoms with Crippen LogP contribution in [0.15, 0.2) is 59.8 Å². The van der Waals surface area contributed by atoms with Gasteiger partial charge in [-0.05, 0) is 24.3 Å². The van der Waals surface area contributed by atoms with Gasteiger partial charge in [0.1, 0.15) is 12.4 Å². The van der Waals surface area contributed by atoms with Crippen molar-refractivity contribution in [2.24, 2.45) is 0 Å². The molecular formula is C17H16N2O3S. The molecule has 0 amide bonds. The van der Waals surface area contributed by atoms with Crippen LogP contribution in [0.5, 0.6) is 5.75 Å². The highest BCUT2D eigenvalue weighted by atomic mass is 32.2. The van der Waals surface area contributed by atoms with Crippen molar-refractivity contribution >= 4 is 28.8 Å². The van der Waals surface area contributed by atoms with Crippen LogP contribution < -0.4 is 4.74 Å². The third-order valence-electron chi connectivity index (χ3n) is 3.27. The number of carboxylic acids is 1. The molecule has 1 N–H and O–H groups in total. The van der Waals surface area contributed by atoms with Crippen molar-refractivity contribution in [1.82, 2.24) is 9.55 Å². The lowest BCUT2D eigenvalue weighted by Gasteiger charge is -2.10. The number of nitrogens with zero attached hydrogens (tertiary/aromatic N) is 2. The Balaban J connectivity index is 1.77. The molecule has 6 heteroatoms. The van der Waals surface area contributed by atoms with E-state index in [2.05, 4.69) is 4.98 Å². The summed E-state index contributed by atoms with van der Waals surface area (Å²) in [6, 6.07) is 17.4. The average molecular weight is 328 g/mol. The minimum absolute atomic E-state index is 0.0110. The molecule has 0 saturated heterocycles. The molecule has 23 heavy (non-hydrogen) atoms. The largest absolute Gasteiger partial charge is 0.492 e. The predicted molar refractivity (Wildman–Crippen MR) is 90.0 cm³/mol. The number of imidazole rings is 1. The van der Waals surface area contributed by atoms with Crippen LogP contribution in [0.1, 0.15) is 0 Å². The maximum Gasteiger partial charge on any atom is 0.313 e. The van der Waals surface area contributed by atoms with Gasteiger partial charge in [0.25, 0.3) is 0 Å². The van der Waals surface area contributed by atoms with Gasteiger partial charge in [-0.2, -0.15) is 0 Å². The van der Waals surface area contributed by atoms with Gasteiger partial charge in [0.2, 0.25) is 0 Å². The first-order valence-corrected chi connectivity index (χ1v) is 8.20. The van der Waals surface area contributed by atoms with E-state index in [1.807, 2.05) is 59.2 Å². The number of aliphatic carboxylic acids is 1. The Morgan fingerprint density at radius 1 is 1.13 bits per heavy atom. The molecule has 3 rings (SSSR count). The maximum atomic E-state index is 10.8. The first-order valence-electron chi connectivity index (χ1n) is 7.22. The summed E-state index contributed by atoms with van der Waals surface area (Å²) in [5, 5.41) is 9.58. The number of ether oxygens (including phenoxy) is 1. The zero-order valence-electron chi connectivity index (χ0n) is 12.4. The molecule has 2 aromatic carbocycles. The monoisotopic (exact) mass is 328 g/mol. The van der Waals surface area contributed by atoms with Crippen LogP contribution in [0, 0.1) is 0 Å². The van der Waals surface area contributed by atoms with Crippen molar-refractivity contribution in [2.75, 3.05) is 12.4 Å². The van der Waals surface area contributed by atoms with Crippen molar-refractivity contribution in [3.8, 4) is 5.75 Å². The van der Waals surface area contributed by atoms with Gasteiger partial charge in [0.15, 0.2) is 5.16 Å². The van der Waals surface area contributed by atoms with Gasteiger partial charge < -0.3 is 14.4 Å². The Morgan fingerprint density at radius 2 is 1.87 bits per heavy atom. The lowest BCUT2D eigenvalue weighted by molar-refractivity contribution is -0.133. The quantitative estimate of drug-likeness (QED) is 0.674. The van der Waals surface area contributed by atoms with E-state index in [0.29, 0.717) is 18.3 Å². The molecule has 0 bridgehead atoms.